The van der Waals surface area contributed by atoms with Crippen molar-refractivity contribution < 1.29 is 9.18 Å². The van der Waals surface area contributed by atoms with E-state index in [0.717, 1.165) is 30.8 Å². The van der Waals surface area contributed by atoms with Gasteiger partial charge >= 0.3 is 0 Å². The van der Waals surface area contributed by atoms with Crippen molar-refractivity contribution in [3.63, 3.8) is 0 Å². The fourth-order valence-electron chi connectivity index (χ4n) is 3.22. The summed E-state index contributed by atoms with van der Waals surface area (Å²) in [4.78, 5) is 14.4. The molecular weight excluding hydrogens is 358 g/mol. The quantitative estimate of drug-likeness (QED) is 0.707. The first kappa shape index (κ1) is 13.1. The number of hydrogen-bond donors (Lipinski definition) is 1. The first-order valence-corrected chi connectivity index (χ1v) is 7.54. The van der Waals surface area contributed by atoms with E-state index in [9.17, 15) is 9.18 Å². The molecule has 1 atom stereocenters. The molecule has 1 unspecified atom stereocenters. The monoisotopic (exact) mass is 374 g/mol. The normalized spacial score (nSPS) is 24.5. The van der Waals surface area contributed by atoms with Crippen molar-refractivity contribution in [1.82, 2.24) is 0 Å². The van der Waals surface area contributed by atoms with Crippen molar-refractivity contribution in [2.24, 2.45) is 5.41 Å². The zero-order valence-corrected chi connectivity index (χ0v) is 13.1. The first-order chi connectivity index (χ1) is 8.90. The molecule has 1 N–H and O–H groups in total. The number of piperidine rings is 1. The molecular formula is C14H16FIN2O. The highest BCUT2D eigenvalue weighted by Crippen LogP contribution is 2.44. The molecule has 0 aliphatic carbocycles. The van der Waals surface area contributed by atoms with Crippen LogP contribution in [-0.4, -0.2) is 18.5 Å². The Labute approximate surface area is 125 Å². The summed E-state index contributed by atoms with van der Waals surface area (Å²) >= 11 is 1.95. The summed E-state index contributed by atoms with van der Waals surface area (Å²) in [5.41, 5.74) is 1.46. The van der Waals surface area contributed by atoms with E-state index in [1.807, 2.05) is 22.6 Å². The Kier molecular flexibility index (Phi) is 2.99. The lowest BCUT2D eigenvalue weighted by Gasteiger charge is -2.49. The Balaban J connectivity index is 2.12. The number of carbonyl (C=O) groups excluding carboxylic acids is 1. The molecule has 3 rings (SSSR count). The van der Waals surface area contributed by atoms with E-state index in [-0.39, 0.29) is 23.2 Å². The maximum atomic E-state index is 13.8. The van der Waals surface area contributed by atoms with Crippen LogP contribution in [0.3, 0.4) is 0 Å². The molecule has 19 heavy (non-hydrogen) atoms. The van der Waals surface area contributed by atoms with Gasteiger partial charge in [0.05, 0.1) is 14.9 Å². The summed E-state index contributed by atoms with van der Waals surface area (Å²) in [5, 5.41) is 2.93. The number of hydrogen-bond acceptors (Lipinski definition) is 2. The molecule has 1 amide bonds. The summed E-state index contributed by atoms with van der Waals surface area (Å²) in [6, 6.07) is 3.06. The summed E-state index contributed by atoms with van der Waals surface area (Å²) in [7, 11) is 0. The SMILES string of the molecule is CC1(C)CCCN2c3cc(F)c(I)cc3NC(=O)C21. The van der Waals surface area contributed by atoms with Gasteiger partial charge in [-0.15, -0.1) is 0 Å². The van der Waals surface area contributed by atoms with Crippen LogP contribution in [-0.2, 0) is 4.79 Å². The van der Waals surface area contributed by atoms with Crippen molar-refractivity contribution in [3.8, 4) is 0 Å². The fourth-order valence-corrected chi connectivity index (χ4v) is 3.69. The average Bonchev–Trinajstić information content (AvgIpc) is 2.31. The van der Waals surface area contributed by atoms with Gasteiger partial charge in [0, 0.05) is 12.6 Å². The molecule has 0 saturated carbocycles. The van der Waals surface area contributed by atoms with E-state index in [1.165, 1.54) is 0 Å². The third-order valence-corrected chi connectivity index (χ3v) is 4.95. The Bertz CT molecular complexity index is 559. The predicted octanol–water partition coefficient (Wildman–Crippen LogP) is 3.38. The third-order valence-electron chi connectivity index (χ3n) is 4.13. The van der Waals surface area contributed by atoms with Gasteiger partial charge in [-0.2, -0.15) is 0 Å². The minimum Gasteiger partial charge on any atom is -0.357 e. The minimum absolute atomic E-state index is 0.0274. The van der Waals surface area contributed by atoms with Crippen molar-refractivity contribution in [2.75, 3.05) is 16.8 Å². The van der Waals surface area contributed by atoms with E-state index in [1.54, 1.807) is 12.1 Å². The lowest BCUT2D eigenvalue weighted by molar-refractivity contribution is -0.120. The Hall–Kier alpha value is -0.850. The number of amides is 1. The molecule has 5 heteroatoms. The maximum absolute atomic E-state index is 13.8. The minimum atomic E-state index is -0.224. The van der Waals surface area contributed by atoms with Gasteiger partial charge in [0.25, 0.3) is 0 Å². The standard InChI is InChI=1S/C14H16FIN2O/c1-14(2)4-3-5-18-11-6-8(15)9(16)7-10(11)17-13(19)12(14)18/h6-7,12H,3-5H2,1-2H3,(H,17,19). The number of rotatable bonds is 0. The number of halogens is 2. The van der Waals surface area contributed by atoms with Gasteiger partial charge < -0.3 is 10.2 Å². The van der Waals surface area contributed by atoms with Gasteiger partial charge in [-0.1, -0.05) is 13.8 Å². The van der Waals surface area contributed by atoms with Gasteiger partial charge in [-0.05, 0) is 46.9 Å². The molecule has 1 aromatic carbocycles. The van der Waals surface area contributed by atoms with Crippen LogP contribution in [0.1, 0.15) is 26.7 Å². The highest BCUT2D eigenvalue weighted by Gasteiger charge is 2.45. The van der Waals surface area contributed by atoms with E-state index >= 15 is 0 Å². The zero-order valence-electron chi connectivity index (χ0n) is 11.0. The van der Waals surface area contributed by atoms with Crippen LogP contribution in [0, 0.1) is 14.8 Å². The first-order valence-electron chi connectivity index (χ1n) is 6.47. The largest absolute Gasteiger partial charge is 0.357 e. The maximum Gasteiger partial charge on any atom is 0.247 e. The smallest absolute Gasteiger partial charge is 0.247 e. The third kappa shape index (κ3) is 2.02. The van der Waals surface area contributed by atoms with Crippen molar-refractivity contribution in [1.29, 1.82) is 0 Å². The number of benzene rings is 1. The van der Waals surface area contributed by atoms with Gasteiger partial charge in [-0.3, -0.25) is 4.79 Å². The second-order valence-corrected chi connectivity index (χ2v) is 7.12. The molecule has 1 saturated heterocycles. The molecule has 0 aromatic heterocycles. The Morgan fingerprint density at radius 1 is 1.47 bits per heavy atom. The van der Waals surface area contributed by atoms with Gasteiger partial charge in [0.2, 0.25) is 5.91 Å². The van der Waals surface area contributed by atoms with Crippen LogP contribution in [0.15, 0.2) is 12.1 Å². The molecule has 3 nitrogen and oxygen atoms in total. The van der Waals surface area contributed by atoms with Gasteiger partial charge in [0.1, 0.15) is 11.9 Å². The molecule has 102 valence electrons. The molecule has 1 fully saturated rings. The van der Waals surface area contributed by atoms with Crippen LogP contribution in [0.5, 0.6) is 0 Å². The molecule has 2 aliphatic heterocycles. The van der Waals surface area contributed by atoms with E-state index in [2.05, 4.69) is 24.1 Å². The number of carbonyl (C=O) groups is 1. The number of nitrogens with zero attached hydrogens (tertiary/aromatic N) is 1. The fraction of sp³-hybridized carbons (Fsp3) is 0.500. The lowest BCUT2D eigenvalue weighted by atomic mass is 9.75. The molecule has 2 heterocycles. The summed E-state index contributed by atoms with van der Waals surface area (Å²) in [6.07, 6.45) is 2.05. The topological polar surface area (TPSA) is 32.3 Å². The highest BCUT2D eigenvalue weighted by atomic mass is 127. The van der Waals surface area contributed by atoms with E-state index in [0.29, 0.717) is 3.57 Å². The zero-order chi connectivity index (χ0) is 13.8. The Morgan fingerprint density at radius 2 is 2.21 bits per heavy atom. The van der Waals surface area contributed by atoms with E-state index in [4.69, 9.17) is 0 Å². The molecule has 2 aliphatic rings. The predicted molar refractivity (Wildman–Crippen MR) is 81.9 cm³/mol. The summed E-state index contributed by atoms with van der Waals surface area (Å²) < 4.78 is 14.3. The van der Waals surface area contributed by atoms with Crippen LogP contribution < -0.4 is 10.2 Å². The number of nitrogens with one attached hydrogen (secondary N) is 1. The second kappa shape index (κ2) is 4.33. The molecule has 0 spiro atoms. The lowest BCUT2D eigenvalue weighted by Crippen LogP contribution is -2.58. The molecule has 1 aromatic rings. The second-order valence-electron chi connectivity index (χ2n) is 5.96. The average molecular weight is 374 g/mol. The van der Waals surface area contributed by atoms with Gasteiger partial charge in [0.15, 0.2) is 0 Å². The number of anilines is 2. The van der Waals surface area contributed by atoms with Crippen LogP contribution in [0.25, 0.3) is 0 Å². The van der Waals surface area contributed by atoms with Crippen LogP contribution in [0.4, 0.5) is 15.8 Å². The van der Waals surface area contributed by atoms with Crippen molar-refractivity contribution in [2.45, 2.75) is 32.7 Å². The molecule has 0 radical (unpaired) electrons. The molecule has 0 bridgehead atoms. The number of fused-ring (bicyclic) bond motifs is 3. The van der Waals surface area contributed by atoms with Gasteiger partial charge in [-0.25, -0.2) is 4.39 Å². The Morgan fingerprint density at radius 3 is 2.95 bits per heavy atom. The summed E-state index contributed by atoms with van der Waals surface area (Å²) in [5.74, 6) is -0.197. The van der Waals surface area contributed by atoms with Crippen LogP contribution >= 0.6 is 22.6 Å². The van der Waals surface area contributed by atoms with Crippen molar-refractivity contribution in [3.05, 3.63) is 21.5 Å². The van der Waals surface area contributed by atoms with Crippen LogP contribution in [0.2, 0.25) is 0 Å². The highest BCUT2D eigenvalue weighted by molar-refractivity contribution is 14.1. The van der Waals surface area contributed by atoms with E-state index < -0.39 is 0 Å². The van der Waals surface area contributed by atoms with Crippen molar-refractivity contribution >= 4 is 39.9 Å². The summed E-state index contributed by atoms with van der Waals surface area (Å²) in [6.45, 7) is 5.03.